The summed E-state index contributed by atoms with van der Waals surface area (Å²) in [6.07, 6.45) is 5.83. The summed E-state index contributed by atoms with van der Waals surface area (Å²) in [5.41, 5.74) is 1.00. The van der Waals surface area contributed by atoms with Crippen molar-refractivity contribution in [2.24, 2.45) is 0 Å². The van der Waals surface area contributed by atoms with E-state index in [1.807, 2.05) is 18.4 Å². The average molecular weight is 309 g/mol. The zero-order valence-electron chi connectivity index (χ0n) is 12.4. The largest absolute Gasteiger partial charge is 0.391 e. The molecule has 1 unspecified atom stereocenters. The van der Waals surface area contributed by atoms with Gasteiger partial charge in [-0.3, -0.25) is 4.79 Å². The van der Waals surface area contributed by atoms with Crippen molar-refractivity contribution in [1.82, 2.24) is 10.3 Å². The van der Waals surface area contributed by atoms with Gasteiger partial charge in [-0.25, -0.2) is 4.98 Å². The van der Waals surface area contributed by atoms with E-state index in [9.17, 15) is 9.90 Å². The van der Waals surface area contributed by atoms with Crippen LogP contribution in [-0.4, -0.2) is 47.2 Å². The molecule has 0 radical (unpaired) electrons. The van der Waals surface area contributed by atoms with E-state index in [2.05, 4.69) is 15.2 Å². The number of aromatic nitrogens is 1. The number of amides is 1. The Bertz CT molecular complexity index is 470. The summed E-state index contributed by atoms with van der Waals surface area (Å²) in [5, 5.41) is 12.7. The molecule has 2 N–H and O–H groups in total. The summed E-state index contributed by atoms with van der Waals surface area (Å²) in [6, 6.07) is 3.87. The Morgan fingerprint density at radius 3 is 3.24 bits per heavy atom. The lowest BCUT2D eigenvalue weighted by molar-refractivity contribution is -0.120. The van der Waals surface area contributed by atoms with Gasteiger partial charge in [0.25, 0.3) is 0 Å². The number of β-amino-alcohol motifs (C(OH)–C–C–N with tert-alkyl or cyclic N) is 1. The van der Waals surface area contributed by atoms with Crippen LogP contribution in [0, 0.1) is 0 Å². The number of aliphatic hydroxyl groups excluding tert-OH is 1. The Morgan fingerprint density at radius 1 is 1.62 bits per heavy atom. The number of hydrogen-bond acceptors (Lipinski definition) is 5. The first-order valence-corrected chi connectivity index (χ1v) is 8.72. The van der Waals surface area contributed by atoms with Crippen molar-refractivity contribution in [1.29, 1.82) is 0 Å². The van der Waals surface area contributed by atoms with Crippen LogP contribution in [0.4, 0.5) is 5.82 Å². The van der Waals surface area contributed by atoms with Crippen LogP contribution in [0.5, 0.6) is 0 Å². The van der Waals surface area contributed by atoms with E-state index in [0.29, 0.717) is 19.5 Å². The number of anilines is 1. The van der Waals surface area contributed by atoms with Gasteiger partial charge in [-0.15, -0.1) is 0 Å². The number of carbonyl (C=O) groups excluding carboxylic acids is 1. The molecular formula is C15H23N3O2S. The van der Waals surface area contributed by atoms with Crippen LogP contribution in [0.1, 0.15) is 24.8 Å². The van der Waals surface area contributed by atoms with Gasteiger partial charge in [-0.1, -0.05) is 6.07 Å². The van der Waals surface area contributed by atoms with Gasteiger partial charge in [-0.2, -0.15) is 11.8 Å². The lowest BCUT2D eigenvalue weighted by Crippen LogP contribution is -2.39. The molecular weight excluding hydrogens is 286 g/mol. The van der Waals surface area contributed by atoms with Crippen molar-refractivity contribution in [3.05, 3.63) is 23.9 Å². The summed E-state index contributed by atoms with van der Waals surface area (Å²) < 4.78 is 0. The van der Waals surface area contributed by atoms with E-state index in [0.717, 1.165) is 36.5 Å². The van der Waals surface area contributed by atoms with Crippen molar-refractivity contribution >= 4 is 23.5 Å². The number of aliphatic hydroxyl groups is 1. The van der Waals surface area contributed by atoms with E-state index in [-0.39, 0.29) is 12.0 Å². The molecule has 6 heteroatoms. The lowest BCUT2D eigenvalue weighted by atomic mass is 10.1. The molecule has 2 heterocycles. The molecule has 1 aliphatic heterocycles. The second kappa shape index (κ2) is 8.24. The average Bonchev–Trinajstić information content (AvgIpc) is 2.51. The molecule has 0 bridgehead atoms. The molecule has 0 aromatic carbocycles. The second-order valence-corrected chi connectivity index (χ2v) is 6.23. The number of nitrogens with one attached hydrogen (secondary N) is 1. The third-order valence-electron chi connectivity index (χ3n) is 3.57. The molecule has 1 aliphatic rings. The van der Waals surface area contributed by atoms with Gasteiger partial charge in [0.1, 0.15) is 5.82 Å². The Kier molecular flexibility index (Phi) is 6.32. The molecule has 0 aliphatic carbocycles. The smallest absolute Gasteiger partial charge is 0.221 e. The number of hydrogen-bond donors (Lipinski definition) is 2. The van der Waals surface area contributed by atoms with Gasteiger partial charge in [0.2, 0.25) is 5.91 Å². The van der Waals surface area contributed by atoms with Crippen LogP contribution >= 0.6 is 11.8 Å². The van der Waals surface area contributed by atoms with E-state index in [1.54, 1.807) is 18.0 Å². The van der Waals surface area contributed by atoms with Crippen molar-refractivity contribution in [2.45, 2.75) is 31.9 Å². The molecule has 5 nitrogen and oxygen atoms in total. The highest BCUT2D eigenvalue weighted by molar-refractivity contribution is 7.98. The van der Waals surface area contributed by atoms with Gasteiger partial charge in [-0.05, 0) is 25.2 Å². The molecule has 1 saturated heterocycles. The van der Waals surface area contributed by atoms with Crippen LogP contribution in [0.25, 0.3) is 0 Å². The molecule has 1 amide bonds. The lowest BCUT2D eigenvalue weighted by Gasteiger charge is -2.32. The second-order valence-electron chi connectivity index (χ2n) is 5.25. The zero-order chi connectivity index (χ0) is 15.1. The van der Waals surface area contributed by atoms with Crippen molar-refractivity contribution in [3.63, 3.8) is 0 Å². The number of nitrogens with zero attached hydrogens (tertiary/aromatic N) is 2. The molecule has 116 valence electrons. The van der Waals surface area contributed by atoms with E-state index < -0.39 is 0 Å². The standard InChI is InChI=1S/C15H23N3O2S/c1-21-9-6-14(20)17-10-12-4-2-7-16-15(12)18-8-3-5-13(19)11-18/h2,4,7,13,19H,3,5-6,8-11H2,1H3,(H,17,20). The molecule has 0 saturated carbocycles. The predicted molar refractivity (Wildman–Crippen MR) is 86.5 cm³/mol. The predicted octanol–water partition coefficient (Wildman–Crippen LogP) is 1.41. The zero-order valence-corrected chi connectivity index (χ0v) is 13.2. The highest BCUT2D eigenvalue weighted by Gasteiger charge is 2.20. The molecule has 2 rings (SSSR count). The van der Waals surface area contributed by atoms with Crippen LogP contribution in [0.3, 0.4) is 0 Å². The molecule has 21 heavy (non-hydrogen) atoms. The maximum Gasteiger partial charge on any atom is 0.221 e. The van der Waals surface area contributed by atoms with Crippen LogP contribution < -0.4 is 10.2 Å². The summed E-state index contributed by atoms with van der Waals surface area (Å²) >= 11 is 1.67. The van der Waals surface area contributed by atoms with E-state index in [1.165, 1.54) is 0 Å². The van der Waals surface area contributed by atoms with Crippen molar-refractivity contribution in [2.75, 3.05) is 30.0 Å². The van der Waals surface area contributed by atoms with Crippen LogP contribution in [0.15, 0.2) is 18.3 Å². The Balaban J connectivity index is 1.98. The molecule has 1 atom stereocenters. The normalized spacial score (nSPS) is 18.6. The first-order valence-electron chi connectivity index (χ1n) is 7.33. The number of rotatable bonds is 6. The minimum absolute atomic E-state index is 0.0674. The summed E-state index contributed by atoms with van der Waals surface area (Å²) in [6.45, 7) is 2.01. The highest BCUT2D eigenvalue weighted by Crippen LogP contribution is 2.21. The number of thioether (sulfide) groups is 1. The van der Waals surface area contributed by atoms with Gasteiger partial charge in [0, 0.05) is 43.6 Å². The summed E-state index contributed by atoms with van der Waals surface area (Å²) in [4.78, 5) is 18.3. The Morgan fingerprint density at radius 2 is 2.48 bits per heavy atom. The summed E-state index contributed by atoms with van der Waals surface area (Å²) in [5.74, 6) is 1.78. The minimum Gasteiger partial charge on any atom is -0.391 e. The number of pyridine rings is 1. The summed E-state index contributed by atoms with van der Waals surface area (Å²) in [7, 11) is 0. The van der Waals surface area contributed by atoms with Gasteiger partial charge in [0.05, 0.1) is 6.10 Å². The third kappa shape index (κ3) is 4.89. The Labute approximate surface area is 130 Å². The quantitative estimate of drug-likeness (QED) is 0.832. The topological polar surface area (TPSA) is 65.5 Å². The molecule has 1 aromatic heterocycles. The third-order valence-corrected chi connectivity index (χ3v) is 4.19. The van der Waals surface area contributed by atoms with Crippen LogP contribution in [0.2, 0.25) is 0 Å². The van der Waals surface area contributed by atoms with E-state index in [4.69, 9.17) is 0 Å². The fourth-order valence-corrected chi connectivity index (χ4v) is 2.87. The minimum atomic E-state index is -0.287. The van der Waals surface area contributed by atoms with Crippen LogP contribution in [-0.2, 0) is 11.3 Å². The first kappa shape index (κ1) is 16.1. The molecule has 1 fully saturated rings. The van der Waals surface area contributed by atoms with Gasteiger partial charge in [0.15, 0.2) is 0 Å². The molecule has 0 spiro atoms. The molecule has 1 aromatic rings. The van der Waals surface area contributed by atoms with Crippen molar-refractivity contribution in [3.8, 4) is 0 Å². The van der Waals surface area contributed by atoms with Gasteiger partial charge < -0.3 is 15.3 Å². The van der Waals surface area contributed by atoms with E-state index >= 15 is 0 Å². The fourth-order valence-electron chi connectivity index (χ4n) is 2.48. The Hall–Kier alpha value is -1.27. The number of carbonyl (C=O) groups is 1. The fraction of sp³-hybridized carbons (Fsp3) is 0.600. The maximum absolute atomic E-state index is 11.7. The van der Waals surface area contributed by atoms with Crippen molar-refractivity contribution < 1.29 is 9.90 Å². The van der Waals surface area contributed by atoms with Gasteiger partial charge >= 0.3 is 0 Å². The first-order chi connectivity index (χ1) is 10.2. The highest BCUT2D eigenvalue weighted by atomic mass is 32.2. The number of piperidine rings is 1. The monoisotopic (exact) mass is 309 g/mol. The maximum atomic E-state index is 11.7. The SMILES string of the molecule is CSCCC(=O)NCc1cccnc1N1CCCC(O)C1.